The van der Waals surface area contributed by atoms with Crippen molar-refractivity contribution in [3.63, 3.8) is 0 Å². The van der Waals surface area contributed by atoms with E-state index in [1.54, 1.807) is 6.92 Å². The van der Waals surface area contributed by atoms with Gasteiger partial charge < -0.3 is 19.2 Å². The zero-order valence-electron chi connectivity index (χ0n) is 10.3. The number of carbonyl (C=O) groups is 2. The van der Waals surface area contributed by atoms with E-state index in [1.807, 2.05) is 0 Å². The van der Waals surface area contributed by atoms with Gasteiger partial charge in [0.05, 0.1) is 13.7 Å². The monoisotopic (exact) mass is 253 g/mol. The van der Waals surface area contributed by atoms with Crippen molar-refractivity contribution in [1.82, 2.24) is 4.98 Å². The van der Waals surface area contributed by atoms with Crippen molar-refractivity contribution < 1.29 is 23.8 Å². The molecular formula is C12H15NO5. The lowest BCUT2D eigenvalue weighted by atomic mass is 10.2. The number of methoxy groups -OCH3 is 1. The summed E-state index contributed by atoms with van der Waals surface area (Å²) >= 11 is 0. The van der Waals surface area contributed by atoms with E-state index in [9.17, 15) is 9.59 Å². The van der Waals surface area contributed by atoms with Crippen molar-refractivity contribution in [2.75, 3.05) is 20.3 Å². The minimum atomic E-state index is -0.599. The molecule has 1 rings (SSSR count). The van der Waals surface area contributed by atoms with E-state index < -0.39 is 11.9 Å². The third-order valence-corrected chi connectivity index (χ3v) is 2.07. The minimum Gasteiger partial charge on any atom is -0.493 e. The Labute approximate surface area is 105 Å². The Bertz CT molecular complexity index is 449. The second-order valence-electron chi connectivity index (χ2n) is 3.22. The maximum Gasteiger partial charge on any atom is 0.358 e. The SMILES string of the molecule is C=CCOC(=O)c1c[nH]c(C(=O)OCC)c1OC. The number of ether oxygens (including phenoxy) is 3. The number of nitrogens with one attached hydrogen (secondary N) is 1. The largest absolute Gasteiger partial charge is 0.493 e. The van der Waals surface area contributed by atoms with Crippen molar-refractivity contribution in [3.05, 3.63) is 30.1 Å². The predicted octanol–water partition coefficient (Wildman–Crippen LogP) is 1.54. The maximum atomic E-state index is 11.7. The molecule has 0 aliphatic heterocycles. The molecule has 1 heterocycles. The predicted molar refractivity (Wildman–Crippen MR) is 63.8 cm³/mol. The van der Waals surface area contributed by atoms with Crippen molar-refractivity contribution in [2.24, 2.45) is 0 Å². The van der Waals surface area contributed by atoms with Gasteiger partial charge in [-0.1, -0.05) is 12.7 Å². The van der Waals surface area contributed by atoms with Crippen LogP contribution in [-0.2, 0) is 9.47 Å². The molecule has 6 nitrogen and oxygen atoms in total. The second kappa shape index (κ2) is 6.48. The van der Waals surface area contributed by atoms with E-state index in [0.29, 0.717) is 0 Å². The summed E-state index contributed by atoms with van der Waals surface area (Å²) in [7, 11) is 1.36. The van der Waals surface area contributed by atoms with Crippen molar-refractivity contribution >= 4 is 11.9 Å². The van der Waals surface area contributed by atoms with Crippen molar-refractivity contribution in [3.8, 4) is 5.75 Å². The molecule has 0 bridgehead atoms. The number of aromatic amines is 1. The Morgan fingerprint density at radius 2 is 2.11 bits per heavy atom. The summed E-state index contributed by atoms with van der Waals surface area (Å²) in [5.74, 6) is -1.07. The third kappa shape index (κ3) is 2.91. The van der Waals surface area contributed by atoms with E-state index in [0.717, 1.165) is 0 Å². The quantitative estimate of drug-likeness (QED) is 0.614. The van der Waals surface area contributed by atoms with Gasteiger partial charge in [-0.15, -0.1) is 0 Å². The molecule has 0 fully saturated rings. The smallest absolute Gasteiger partial charge is 0.358 e. The summed E-state index contributed by atoms with van der Waals surface area (Å²) in [4.78, 5) is 25.9. The maximum absolute atomic E-state index is 11.7. The lowest BCUT2D eigenvalue weighted by Gasteiger charge is -2.05. The number of aromatic nitrogens is 1. The fourth-order valence-electron chi connectivity index (χ4n) is 1.34. The molecule has 0 spiro atoms. The number of carbonyl (C=O) groups excluding carboxylic acids is 2. The second-order valence-corrected chi connectivity index (χ2v) is 3.22. The molecule has 0 aliphatic rings. The Kier molecular flexibility index (Phi) is 4.98. The number of esters is 2. The molecule has 0 amide bonds. The summed E-state index contributed by atoms with van der Waals surface area (Å²) in [6.07, 6.45) is 2.79. The Morgan fingerprint density at radius 3 is 2.67 bits per heavy atom. The van der Waals surface area contributed by atoms with Gasteiger partial charge in [-0.05, 0) is 6.92 Å². The topological polar surface area (TPSA) is 77.6 Å². The van der Waals surface area contributed by atoms with Gasteiger partial charge >= 0.3 is 11.9 Å². The van der Waals surface area contributed by atoms with E-state index in [-0.39, 0.29) is 30.2 Å². The number of hydrogen-bond acceptors (Lipinski definition) is 5. The zero-order chi connectivity index (χ0) is 13.5. The van der Waals surface area contributed by atoms with E-state index in [1.165, 1.54) is 19.4 Å². The molecule has 0 aromatic carbocycles. The average molecular weight is 253 g/mol. The molecule has 18 heavy (non-hydrogen) atoms. The first-order valence-corrected chi connectivity index (χ1v) is 5.36. The van der Waals surface area contributed by atoms with E-state index >= 15 is 0 Å². The summed E-state index contributed by atoms with van der Waals surface area (Å²) in [5.41, 5.74) is 0.229. The van der Waals surface area contributed by atoms with Crippen LogP contribution >= 0.6 is 0 Å². The highest BCUT2D eigenvalue weighted by atomic mass is 16.5. The zero-order valence-corrected chi connectivity index (χ0v) is 10.3. The Hall–Kier alpha value is -2.24. The van der Waals surface area contributed by atoms with Crippen molar-refractivity contribution in [1.29, 1.82) is 0 Å². The highest BCUT2D eigenvalue weighted by Crippen LogP contribution is 2.24. The van der Waals surface area contributed by atoms with E-state index in [2.05, 4.69) is 11.6 Å². The van der Waals surface area contributed by atoms with Crippen LogP contribution in [0.5, 0.6) is 5.75 Å². The molecule has 0 aliphatic carbocycles. The first-order valence-electron chi connectivity index (χ1n) is 5.36. The van der Waals surface area contributed by atoms with Gasteiger partial charge in [0.2, 0.25) is 0 Å². The highest BCUT2D eigenvalue weighted by molar-refractivity contribution is 5.99. The lowest BCUT2D eigenvalue weighted by Crippen LogP contribution is -2.09. The van der Waals surface area contributed by atoms with Gasteiger partial charge in [0.15, 0.2) is 11.4 Å². The van der Waals surface area contributed by atoms with Crippen LogP contribution in [-0.4, -0.2) is 37.2 Å². The Balaban J connectivity index is 2.97. The van der Waals surface area contributed by atoms with E-state index in [4.69, 9.17) is 14.2 Å². The van der Waals surface area contributed by atoms with Crippen LogP contribution in [0.1, 0.15) is 27.8 Å². The normalized spacial score (nSPS) is 9.67. The fourth-order valence-corrected chi connectivity index (χ4v) is 1.34. The van der Waals surface area contributed by atoms with Crippen LogP contribution < -0.4 is 4.74 Å². The first kappa shape index (κ1) is 13.8. The number of rotatable bonds is 6. The summed E-state index contributed by atoms with van der Waals surface area (Å²) in [6, 6.07) is 0. The third-order valence-electron chi connectivity index (χ3n) is 2.07. The van der Waals surface area contributed by atoms with Gasteiger partial charge in [0.1, 0.15) is 12.2 Å². The average Bonchev–Trinajstić information content (AvgIpc) is 2.79. The first-order chi connectivity index (χ1) is 8.65. The Morgan fingerprint density at radius 1 is 1.39 bits per heavy atom. The van der Waals surface area contributed by atoms with Crippen LogP contribution in [0, 0.1) is 0 Å². The van der Waals surface area contributed by atoms with Crippen molar-refractivity contribution in [2.45, 2.75) is 6.92 Å². The molecule has 0 atom stereocenters. The molecule has 6 heteroatoms. The van der Waals surface area contributed by atoms with Gasteiger partial charge in [0, 0.05) is 6.20 Å². The number of hydrogen-bond donors (Lipinski definition) is 1. The molecule has 98 valence electrons. The molecule has 0 saturated heterocycles. The van der Waals surface area contributed by atoms with Crippen LogP contribution in [0.25, 0.3) is 0 Å². The molecule has 1 aromatic rings. The molecule has 0 radical (unpaired) electrons. The lowest BCUT2D eigenvalue weighted by molar-refractivity contribution is 0.0516. The van der Waals surface area contributed by atoms with Crippen LogP contribution in [0.3, 0.4) is 0 Å². The minimum absolute atomic E-state index is 0.0852. The van der Waals surface area contributed by atoms with Gasteiger partial charge in [-0.3, -0.25) is 0 Å². The summed E-state index contributed by atoms with van der Waals surface area (Å²) in [5, 5.41) is 0. The van der Waals surface area contributed by atoms with Gasteiger partial charge in [-0.2, -0.15) is 0 Å². The van der Waals surface area contributed by atoms with Crippen LogP contribution in [0.2, 0.25) is 0 Å². The van der Waals surface area contributed by atoms with Gasteiger partial charge in [0.25, 0.3) is 0 Å². The van der Waals surface area contributed by atoms with Gasteiger partial charge in [-0.25, -0.2) is 9.59 Å². The summed E-state index contributed by atoms with van der Waals surface area (Å²) < 4.78 is 14.7. The number of H-pyrrole nitrogens is 1. The highest BCUT2D eigenvalue weighted by Gasteiger charge is 2.24. The standard InChI is InChI=1S/C12H15NO5/c1-4-6-18-11(14)8-7-13-9(10(8)16-3)12(15)17-5-2/h4,7,13H,1,5-6H2,2-3H3. The molecule has 0 saturated carbocycles. The molecule has 1 aromatic heterocycles. The molecule has 1 N–H and O–H groups in total. The summed E-state index contributed by atoms with van der Waals surface area (Å²) in [6.45, 7) is 5.44. The molecule has 0 unspecified atom stereocenters. The van der Waals surface area contributed by atoms with Crippen LogP contribution in [0.4, 0.5) is 0 Å². The fraction of sp³-hybridized carbons (Fsp3) is 0.333. The van der Waals surface area contributed by atoms with Crippen LogP contribution in [0.15, 0.2) is 18.9 Å². The molecular weight excluding hydrogens is 238 g/mol.